The molecule has 0 aromatic heterocycles. The Morgan fingerprint density at radius 3 is 1.80 bits per heavy atom. The van der Waals surface area contributed by atoms with Crippen LogP contribution in [0.25, 0.3) is 0 Å². The summed E-state index contributed by atoms with van der Waals surface area (Å²) < 4.78 is 23.2. The highest BCUT2D eigenvalue weighted by molar-refractivity contribution is 9.10. The predicted molar refractivity (Wildman–Crippen MR) is 111 cm³/mol. The first kappa shape index (κ1) is 22.2. The third kappa shape index (κ3) is 9.43. The van der Waals surface area contributed by atoms with Gasteiger partial charge >= 0.3 is 0 Å². The molecule has 5 heteroatoms. The average molecular weight is 446 g/mol. The van der Waals surface area contributed by atoms with Crippen LogP contribution in [-0.4, -0.2) is 8.42 Å². The summed E-state index contributed by atoms with van der Waals surface area (Å²) in [6.45, 7) is 8.64. The van der Waals surface area contributed by atoms with Crippen LogP contribution in [0.1, 0.15) is 38.8 Å². The summed E-state index contributed by atoms with van der Waals surface area (Å²) in [4.78, 5) is 0.178. The number of hydrogen-bond donors (Lipinski definition) is 0. The van der Waals surface area contributed by atoms with Gasteiger partial charge in [-0.15, -0.1) is 0 Å². The first-order valence-corrected chi connectivity index (χ1v) is 11.5. The highest BCUT2D eigenvalue weighted by atomic mass is 79.9. The molecule has 0 aliphatic heterocycles. The highest BCUT2D eigenvalue weighted by Crippen LogP contribution is 2.18. The van der Waals surface area contributed by atoms with Crippen molar-refractivity contribution >= 4 is 35.7 Å². The number of hydrogen-bond acceptors (Lipinski definition) is 2. The van der Waals surface area contributed by atoms with E-state index in [0.29, 0.717) is 5.92 Å². The first-order valence-electron chi connectivity index (χ1n) is 8.36. The molecule has 0 heterocycles. The van der Waals surface area contributed by atoms with Crippen molar-refractivity contribution in [3.8, 4) is 0 Å². The Kier molecular flexibility index (Phi) is 9.19. The Hall–Kier alpha value is -0.840. The summed E-state index contributed by atoms with van der Waals surface area (Å²) in [6.07, 6.45) is 2.03. The zero-order chi connectivity index (χ0) is 19.0. The zero-order valence-electron chi connectivity index (χ0n) is 15.2. The Bertz CT molecular complexity index is 771. The van der Waals surface area contributed by atoms with Gasteiger partial charge in [-0.2, -0.15) is 0 Å². The van der Waals surface area contributed by atoms with E-state index in [1.54, 1.807) is 12.1 Å². The van der Waals surface area contributed by atoms with Gasteiger partial charge in [0.2, 0.25) is 0 Å². The molecule has 2 aromatic carbocycles. The molecule has 0 saturated heterocycles. The van der Waals surface area contributed by atoms with Gasteiger partial charge in [0.05, 0.1) is 4.90 Å². The van der Waals surface area contributed by atoms with Gasteiger partial charge in [0.25, 0.3) is 9.05 Å². The van der Waals surface area contributed by atoms with Crippen LogP contribution in [0.2, 0.25) is 0 Å². The van der Waals surface area contributed by atoms with Gasteiger partial charge in [-0.25, -0.2) is 8.42 Å². The molecule has 0 saturated carbocycles. The molecule has 2 aromatic rings. The van der Waals surface area contributed by atoms with Crippen LogP contribution >= 0.6 is 26.6 Å². The summed E-state index contributed by atoms with van der Waals surface area (Å²) in [5.74, 6) is 1.24. The number of halogens is 2. The van der Waals surface area contributed by atoms with Crippen LogP contribution in [0.4, 0.5) is 0 Å². The van der Waals surface area contributed by atoms with Gasteiger partial charge in [0.1, 0.15) is 0 Å². The first-order chi connectivity index (χ1) is 11.6. The van der Waals surface area contributed by atoms with Crippen molar-refractivity contribution in [3.63, 3.8) is 0 Å². The molecular weight excluding hydrogens is 420 g/mol. The fourth-order valence-corrected chi connectivity index (χ4v) is 3.70. The third-order valence-electron chi connectivity index (χ3n) is 3.36. The Labute approximate surface area is 165 Å². The molecule has 0 radical (unpaired) electrons. The van der Waals surface area contributed by atoms with Crippen LogP contribution in [0.5, 0.6) is 0 Å². The van der Waals surface area contributed by atoms with E-state index in [1.165, 1.54) is 22.5 Å². The van der Waals surface area contributed by atoms with Crippen molar-refractivity contribution < 1.29 is 8.42 Å². The van der Waals surface area contributed by atoms with E-state index in [-0.39, 0.29) is 4.90 Å². The summed E-state index contributed by atoms with van der Waals surface area (Å²) in [5.41, 5.74) is 2.41. The highest BCUT2D eigenvalue weighted by Gasteiger charge is 2.10. The monoisotopic (exact) mass is 444 g/mol. The second-order valence-electron chi connectivity index (χ2n) is 6.91. The van der Waals surface area contributed by atoms with Crippen molar-refractivity contribution in [2.24, 2.45) is 11.8 Å². The van der Waals surface area contributed by atoms with Crippen LogP contribution in [0.3, 0.4) is 0 Å². The molecule has 0 atom stereocenters. The van der Waals surface area contributed by atoms with Crippen LogP contribution < -0.4 is 0 Å². The van der Waals surface area contributed by atoms with Gasteiger partial charge < -0.3 is 0 Å². The second kappa shape index (κ2) is 10.3. The zero-order valence-corrected chi connectivity index (χ0v) is 18.3. The minimum atomic E-state index is -3.59. The number of benzene rings is 2. The van der Waals surface area contributed by atoms with Crippen LogP contribution in [0.15, 0.2) is 57.9 Å². The minimum absolute atomic E-state index is 0.178. The standard InChI is InChI=1S/C10H13Br.C10H13ClO2S/c1-8(2)6-9-4-3-5-10(11)7-9;1-8(2)6-9-4-3-5-10(7-9)14(11,12)13/h3-5,7-8H,6H2,1-2H3;3-5,7-8H,6H2,1-2H3. The lowest BCUT2D eigenvalue weighted by Gasteiger charge is -2.05. The summed E-state index contributed by atoms with van der Waals surface area (Å²) in [5, 5.41) is 0. The van der Waals surface area contributed by atoms with Crippen LogP contribution in [-0.2, 0) is 21.9 Å². The average Bonchev–Trinajstić information content (AvgIpc) is 2.46. The molecule has 2 nitrogen and oxygen atoms in total. The molecular formula is C20H26BrClO2S. The van der Waals surface area contributed by atoms with Crippen molar-refractivity contribution in [3.05, 3.63) is 64.1 Å². The van der Waals surface area contributed by atoms with E-state index in [2.05, 4.69) is 67.9 Å². The molecule has 0 spiro atoms. The van der Waals surface area contributed by atoms with Gasteiger partial charge in [0, 0.05) is 15.2 Å². The molecule has 25 heavy (non-hydrogen) atoms. The minimum Gasteiger partial charge on any atom is -0.207 e. The smallest absolute Gasteiger partial charge is 0.207 e. The Morgan fingerprint density at radius 1 is 0.880 bits per heavy atom. The van der Waals surface area contributed by atoms with Gasteiger partial charge in [-0.3, -0.25) is 0 Å². The molecule has 0 aliphatic carbocycles. The fourth-order valence-electron chi connectivity index (χ4n) is 2.43. The summed E-state index contributed by atoms with van der Waals surface area (Å²) in [7, 11) is 1.65. The van der Waals surface area contributed by atoms with Gasteiger partial charge in [-0.05, 0) is 60.1 Å². The quantitative estimate of drug-likeness (QED) is 0.495. The fraction of sp³-hybridized carbons (Fsp3) is 0.400. The molecule has 0 aliphatic rings. The molecule has 2 rings (SSSR count). The van der Waals surface area contributed by atoms with Crippen molar-refractivity contribution in [2.45, 2.75) is 45.4 Å². The Morgan fingerprint density at radius 2 is 1.36 bits per heavy atom. The molecule has 0 bridgehead atoms. The maximum Gasteiger partial charge on any atom is 0.261 e. The largest absolute Gasteiger partial charge is 0.261 e. The Balaban J connectivity index is 0.000000257. The van der Waals surface area contributed by atoms with Gasteiger partial charge in [0.15, 0.2) is 0 Å². The predicted octanol–water partition coefficient (Wildman–Crippen LogP) is 6.46. The normalized spacial score (nSPS) is 11.4. The SMILES string of the molecule is CC(C)Cc1cccc(Br)c1.CC(C)Cc1cccc(S(=O)(=O)Cl)c1. The summed E-state index contributed by atoms with van der Waals surface area (Å²) >= 11 is 3.45. The maximum absolute atomic E-state index is 11.0. The molecule has 138 valence electrons. The van der Waals surface area contributed by atoms with E-state index in [0.717, 1.165) is 17.9 Å². The van der Waals surface area contributed by atoms with Gasteiger partial charge in [-0.1, -0.05) is 67.9 Å². The molecule has 0 amide bonds. The lowest BCUT2D eigenvalue weighted by Crippen LogP contribution is -1.96. The van der Waals surface area contributed by atoms with E-state index < -0.39 is 9.05 Å². The molecule has 0 unspecified atom stereocenters. The third-order valence-corrected chi connectivity index (χ3v) is 5.20. The lowest BCUT2D eigenvalue weighted by molar-refractivity contribution is 0.608. The van der Waals surface area contributed by atoms with E-state index in [9.17, 15) is 8.42 Å². The maximum atomic E-state index is 11.0. The number of rotatable bonds is 5. The van der Waals surface area contributed by atoms with Crippen molar-refractivity contribution in [2.75, 3.05) is 0 Å². The van der Waals surface area contributed by atoms with E-state index in [4.69, 9.17) is 10.7 Å². The molecule has 0 N–H and O–H groups in total. The molecule has 0 fully saturated rings. The lowest BCUT2D eigenvalue weighted by atomic mass is 10.0. The second-order valence-corrected chi connectivity index (χ2v) is 10.4. The topological polar surface area (TPSA) is 34.1 Å². The van der Waals surface area contributed by atoms with E-state index >= 15 is 0 Å². The van der Waals surface area contributed by atoms with Crippen LogP contribution in [0, 0.1) is 11.8 Å². The van der Waals surface area contributed by atoms with Crippen molar-refractivity contribution in [1.29, 1.82) is 0 Å². The summed E-state index contributed by atoms with van der Waals surface area (Å²) in [6, 6.07) is 15.3. The van der Waals surface area contributed by atoms with E-state index in [1.807, 2.05) is 6.07 Å². The van der Waals surface area contributed by atoms with Crippen molar-refractivity contribution in [1.82, 2.24) is 0 Å².